The van der Waals surface area contributed by atoms with Gasteiger partial charge in [0.2, 0.25) is 0 Å². The third-order valence-electron chi connectivity index (χ3n) is 1.38. The van der Waals surface area contributed by atoms with Crippen LogP contribution in [0.15, 0.2) is 18.6 Å². The third kappa shape index (κ3) is 2.13. The molecule has 3 nitrogen and oxygen atoms in total. The molecule has 0 saturated carbocycles. The van der Waals surface area contributed by atoms with Crippen molar-refractivity contribution < 1.29 is 0 Å². The lowest BCUT2D eigenvalue weighted by Crippen LogP contribution is -1.93. The highest BCUT2D eigenvalue weighted by atomic mass is 14.8. The molecule has 1 aromatic heterocycles. The minimum absolute atomic E-state index is 0.550. The Morgan fingerprint density at radius 2 is 2.45 bits per heavy atom. The zero-order chi connectivity index (χ0) is 8.10. The van der Waals surface area contributed by atoms with E-state index in [0.717, 1.165) is 11.3 Å². The summed E-state index contributed by atoms with van der Waals surface area (Å²) in [5.74, 6) is 0. The second kappa shape index (κ2) is 3.83. The summed E-state index contributed by atoms with van der Waals surface area (Å²) in [4.78, 5) is 7.92. The average molecular weight is 149 g/mol. The van der Waals surface area contributed by atoms with Crippen LogP contribution >= 0.6 is 0 Å². The molecule has 0 atom stereocenters. The molecule has 2 N–H and O–H groups in total. The summed E-state index contributed by atoms with van der Waals surface area (Å²) in [5.41, 5.74) is 7.30. The minimum atomic E-state index is 0.550. The van der Waals surface area contributed by atoms with Crippen molar-refractivity contribution in [2.75, 3.05) is 6.54 Å². The van der Waals surface area contributed by atoms with Crippen LogP contribution in [-0.2, 0) is 0 Å². The highest BCUT2D eigenvalue weighted by Gasteiger charge is 1.91. The molecule has 0 saturated heterocycles. The van der Waals surface area contributed by atoms with Gasteiger partial charge >= 0.3 is 0 Å². The Hall–Kier alpha value is -1.22. The molecular formula is C8H11N3. The quantitative estimate of drug-likeness (QED) is 0.675. The maximum Gasteiger partial charge on any atom is 0.115 e. The molecule has 0 radical (unpaired) electrons. The molecule has 0 aliphatic rings. The predicted octanol–water partition coefficient (Wildman–Crippen LogP) is 0.757. The summed E-state index contributed by atoms with van der Waals surface area (Å²) in [6.45, 7) is 2.49. The van der Waals surface area contributed by atoms with Crippen LogP contribution in [0, 0.1) is 6.92 Å². The number of nitrogens with zero attached hydrogens (tertiary/aromatic N) is 2. The standard InChI is InChI=1S/C8H11N3/c1-7-8(3-2-4-9)5-10-6-11-7/h2-3,5-6H,4,9H2,1H3/b3-2+. The van der Waals surface area contributed by atoms with Crippen LogP contribution in [0.2, 0.25) is 0 Å². The van der Waals surface area contributed by atoms with Crippen molar-refractivity contribution in [1.29, 1.82) is 0 Å². The second-order valence-corrected chi connectivity index (χ2v) is 2.20. The molecule has 0 unspecified atom stereocenters. The first-order chi connectivity index (χ1) is 5.34. The Balaban J connectivity index is 2.86. The van der Waals surface area contributed by atoms with Gasteiger partial charge in [-0.3, -0.25) is 0 Å². The molecule has 11 heavy (non-hydrogen) atoms. The van der Waals surface area contributed by atoms with Gasteiger partial charge in [-0.15, -0.1) is 0 Å². The van der Waals surface area contributed by atoms with E-state index in [0.29, 0.717) is 6.54 Å². The maximum atomic E-state index is 5.30. The monoisotopic (exact) mass is 149 g/mol. The zero-order valence-electron chi connectivity index (χ0n) is 6.49. The SMILES string of the molecule is Cc1ncncc1/C=C/CN. The Kier molecular flexibility index (Phi) is 2.74. The fourth-order valence-corrected chi connectivity index (χ4v) is 0.760. The Morgan fingerprint density at radius 3 is 3.09 bits per heavy atom. The molecule has 0 fully saturated rings. The van der Waals surface area contributed by atoms with E-state index < -0.39 is 0 Å². The molecule has 1 heterocycles. The van der Waals surface area contributed by atoms with Crippen LogP contribution in [0.5, 0.6) is 0 Å². The number of hydrogen-bond acceptors (Lipinski definition) is 3. The van der Waals surface area contributed by atoms with E-state index in [-0.39, 0.29) is 0 Å². The Labute approximate surface area is 66.0 Å². The van der Waals surface area contributed by atoms with E-state index in [1.807, 2.05) is 19.1 Å². The van der Waals surface area contributed by atoms with E-state index in [1.54, 1.807) is 6.20 Å². The largest absolute Gasteiger partial charge is 0.327 e. The van der Waals surface area contributed by atoms with Crippen LogP contribution in [0.3, 0.4) is 0 Å². The van der Waals surface area contributed by atoms with Crippen molar-refractivity contribution >= 4 is 6.08 Å². The highest BCUT2D eigenvalue weighted by Crippen LogP contribution is 2.02. The van der Waals surface area contributed by atoms with Gasteiger partial charge in [0.05, 0.1) is 0 Å². The van der Waals surface area contributed by atoms with Crippen LogP contribution in [-0.4, -0.2) is 16.5 Å². The second-order valence-electron chi connectivity index (χ2n) is 2.20. The predicted molar refractivity (Wildman–Crippen MR) is 44.9 cm³/mol. The number of nitrogens with two attached hydrogens (primary N) is 1. The van der Waals surface area contributed by atoms with Crippen molar-refractivity contribution in [3.05, 3.63) is 29.9 Å². The molecule has 0 bridgehead atoms. The summed E-state index contributed by atoms with van der Waals surface area (Å²) >= 11 is 0. The van der Waals surface area contributed by atoms with Crippen molar-refractivity contribution in [2.45, 2.75) is 6.92 Å². The van der Waals surface area contributed by atoms with Crippen molar-refractivity contribution in [3.8, 4) is 0 Å². The zero-order valence-corrected chi connectivity index (χ0v) is 6.49. The molecule has 0 spiro atoms. The summed E-state index contributed by atoms with van der Waals surface area (Å²) in [6, 6.07) is 0. The van der Waals surface area contributed by atoms with Crippen LogP contribution in [0.25, 0.3) is 6.08 Å². The van der Waals surface area contributed by atoms with Gasteiger partial charge in [0.15, 0.2) is 0 Å². The van der Waals surface area contributed by atoms with E-state index >= 15 is 0 Å². The lowest BCUT2D eigenvalue weighted by atomic mass is 10.2. The van der Waals surface area contributed by atoms with Crippen molar-refractivity contribution in [2.24, 2.45) is 5.73 Å². The van der Waals surface area contributed by atoms with E-state index in [9.17, 15) is 0 Å². The first-order valence-corrected chi connectivity index (χ1v) is 3.48. The van der Waals surface area contributed by atoms with Crippen LogP contribution in [0.1, 0.15) is 11.3 Å². The molecule has 0 aromatic carbocycles. The van der Waals surface area contributed by atoms with E-state index in [1.165, 1.54) is 6.33 Å². The normalized spacial score (nSPS) is 10.7. The van der Waals surface area contributed by atoms with Crippen LogP contribution in [0.4, 0.5) is 0 Å². The minimum Gasteiger partial charge on any atom is -0.327 e. The molecule has 0 aliphatic carbocycles. The van der Waals surface area contributed by atoms with Gasteiger partial charge in [-0.05, 0) is 6.92 Å². The summed E-state index contributed by atoms with van der Waals surface area (Å²) in [5, 5.41) is 0. The van der Waals surface area contributed by atoms with E-state index in [2.05, 4.69) is 9.97 Å². The van der Waals surface area contributed by atoms with Gasteiger partial charge in [-0.1, -0.05) is 12.2 Å². The van der Waals surface area contributed by atoms with Gasteiger partial charge in [0.1, 0.15) is 6.33 Å². The molecular weight excluding hydrogens is 138 g/mol. The van der Waals surface area contributed by atoms with Gasteiger partial charge < -0.3 is 5.73 Å². The molecule has 0 aliphatic heterocycles. The van der Waals surface area contributed by atoms with E-state index in [4.69, 9.17) is 5.73 Å². The number of hydrogen-bond donors (Lipinski definition) is 1. The summed E-state index contributed by atoms with van der Waals surface area (Å²) in [6.07, 6.45) is 7.12. The first-order valence-electron chi connectivity index (χ1n) is 3.48. The van der Waals surface area contributed by atoms with Crippen LogP contribution < -0.4 is 5.73 Å². The number of rotatable bonds is 2. The molecule has 3 heteroatoms. The average Bonchev–Trinajstić information content (AvgIpc) is 2.03. The fourth-order valence-electron chi connectivity index (χ4n) is 0.760. The Bertz CT molecular complexity index is 255. The molecule has 1 rings (SSSR count). The lowest BCUT2D eigenvalue weighted by Gasteiger charge is -1.94. The van der Waals surface area contributed by atoms with Gasteiger partial charge in [0, 0.05) is 24.0 Å². The fraction of sp³-hybridized carbons (Fsp3) is 0.250. The summed E-state index contributed by atoms with van der Waals surface area (Å²) < 4.78 is 0. The number of aryl methyl sites for hydroxylation is 1. The molecule has 58 valence electrons. The van der Waals surface area contributed by atoms with Gasteiger partial charge in [0.25, 0.3) is 0 Å². The Morgan fingerprint density at radius 1 is 1.64 bits per heavy atom. The number of aromatic nitrogens is 2. The van der Waals surface area contributed by atoms with Gasteiger partial charge in [-0.25, -0.2) is 9.97 Å². The van der Waals surface area contributed by atoms with Crippen molar-refractivity contribution in [3.63, 3.8) is 0 Å². The smallest absolute Gasteiger partial charge is 0.115 e. The first kappa shape index (κ1) is 7.88. The van der Waals surface area contributed by atoms with Crippen molar-refractivity contribution in [1.82, 2.24) is 9.97 Å². The third-order valence-corrected chi connectivity index (χ3v) is 1.38. The summed E-state index contributed by atoms with van der Waals surface area (Å²) in [7, 11) is 0. The van der Waals surface area contributed by atoms with Gasteiger partial charge in [-0.2, -0.15) is 0 Å². The maximum absolute atomic E-state index is 5.30. The lowest BCUT2D eigenvalue weighted by molar-refractivity contribution is 1.09. The molecule has 1 aromatic rings. The topological polar surface area (TPSA) is 51.8 Å². The molecule has 0 amide bonds. The highest BCUT2D eigenvalue weighted by molar-refractivity contribution is 5.49.